The Morgan fingerprint density at radius 2 is 1.17 bits per heavy atom. The summed E-state index contributed by atoms with van der Waals surface area (Å²) in [5, 5.41) is 0. The number of carbonyl (C=O) groups is 1. The van der Waals surface area contributed by atoms with E-state index < -0.39 is 8.32 Å². The molecule has 0 aliphatic heterocycles. The highest BCUT2D eigenvalue weighted by molar-refractivity contribution is 6.73. The maximum Gasteiger partial charge on any atom is 0.292 e. The van der Waals surface area contributed by atoms with Gasteiger partial charge in [-0.1, -0.05) is 91.4 Å². The van der Waals surface area contributed by atoms with Gasteiger partial charge in [0.15, 0.2) is 0 Å². The molecule has 138 valence electrons. The lowest BCUT2D eigenvalue weighted by Gasteiger charge is -2.26. The van der Waals surface area contributed by atoms with E-state index in [0.717, 1.165) is 6.42 Å². The normalized spacial score (nSPS) is 11.9. The first-order chi connectivity index (χ1) is 10.9. The Morgan fingerprint density at radius 1 is 0.783 bits per heavy atom. The van der Waals surface area contributed by atoms with Gasteiger partial charge in [0.2, 0.25) is 0 Å². The van der Waals surface area contributed by atoms with Gasteiger partial charge in [-0.25, -0.2) is 0 Å². The largest absolute Gasteiger partial charge is 0.519 e. The summed E-state index contributed by atoms with van der Waals surface area (Å²) in [7, 11) is -1.80. The SMILES string of the molecule is CCCCCCCCCCCCCCC(=O)O[Si](C)(C)C(C)C. The number of hydrogen-bond acceptors (Lipinski definition) is 2. The van der Waals surface area contributed by atoms with Gasteiger partial charge in [-0.15, -0.1) is 0 Å². The van der Waals surface area contributed by atoms with Crippen molar-refractivity contribution >= 4 is 14.3 Å². The second-order valence-electron chi connectivity index (χ2n) is 7.87. The maximum atomic E-state index is 11.9. The zero-order valence-electron chi connectivity index (χ0n) is 16.6. The van der Waals surface area contributed by atoms with Crippen molar-refractivity contribution in [2.45, 2.75) is 123 Å². The van der Waals surface area contributed by atoms with Crippen molar-refractivity contribution in [2.24, 2.45) is 0 Å². The van der Waals surface area contributed by atoms with Crippen LogP contribution in [0.15, 0.2) is 0 Å². The van der Waals surface area contributed by atoms with Crippen LogP contribution in [0.3, 0.4) is 0 Å². The molecule has 0 heterocycles. The summed E-state index contributed by atoms with van der Waals surface area (Å²) in [6.45, 7) is 10.9. The highest BCUT2D eigenvalue weighted by atomic mass is 28.4. The summed E-state index contributed by atoms with van der Waals surface area (Å²) >= 11 is 0. The van der Waals surface area contributed by atoms with E-state index in [-0.39, 0.29) is 5.97 Å². The van der Waals surface area contributed by atoms with E-state index in [1.54, 1.807) is 0 Å². The summed E-state index contributed by atoms with van der Waals surface area (Å²) < 4.78 is 5.70. The molecule has 0 aliphatic rings. The fourth-order valence-electron chi connectivity index (χ4n) is 2.57. The van der Waals surface area contributed by atoms with E-state index in [1.165, 1.54) is 70.6 Å². The Balaban J connectivity index is 3.35. The molecule has 0 bridgehead atoms. The summed E-state index contributed by atoms with van der Waals surface area (Å²) in [4.78, 5) is 11.9. The van der Waals surface area contributed by atoms with Crippen molar-refractivity contribution in [1.82, 2.24) is 0 Å². The topological polar surface area (TPSA) is 26.3 Å². The van der Waals surface area contributed by atoms with E-state index in [2.05, 4.69) is 33.9 Å². The smallest absolute Gasteiger partial charge is 0.292 e. The van der Waals surface area contributed by atoms with Crippen molar-refractivity contribution in [3.8, 4) is 0 Å². The van der Waals surface area contributed by atoms with Crippen LogP contribution >= 0.6 is 0 Å². The predicted molar refractivity (Wildman–Crippen MR) is 104 cm³/mol. The third kappa shape index (κ3) is 13.8. The molecule has 3 heteroatoms. The Kier molecular flexibility index (Phi) is 13.9. The van der Waals surface area contributed by atoms with Gasteiger partial charge < -0.3 is 4.43 Å². The fraction of sp³-hybridized carbons (Fsp3) is 0.950. The average Bonchev–Trinajstić information content (AvgIpc) is 2.47. The summed E-state index contributed by atoms with van der Waals surface area (Å²) in [6.07, 6.45) is 16.6. The van der Waals surface area contributed by atoms with Crippen molar-refractivity contribution in [2.75, 3.05) is 0 Å². The van der Waals surface area contributed by atoms with E-state index >= 15 is 0 Å². The molecule has 0 aromatic carbocycles. The maximum absolute atomic E-state index is 11.9. The van der Waals surface area contributed by atoms with E-state index in [1.807, 2.05) is 0 Å². The minimum absolute atomic E-state index is 0.0300. The molecule has 0 atom stereocenters. The van der Waals surface area contributed by atoms with Gasteiger partial charge in [0.1, 0.15) is 0 Å². The van der Waals surface area contributed by atoms with Crippen LogP contribution in [-0.2, 0) is 9.22 Å². The summed E-state index contributed by atoms with van der Waals surface area (Å²) in [5.41, 5.74) is 0.494. The van der Waals surface area contributed by atoms with Gasteiger partial charge >= 0.3 is 0 Å². The molecule has 0 aromatic heterocycles. The molecule has 0 unspecified atom stereocenters. The molecule has 23 heavy (non-hydrogen) atoms. The predicted octanol–water partition coefficient (Wildman–Crippen LogP) is 7.24. The molecule has 0 N–H and O–H groups in total. The number of hydrogen-bond donors (Lipinski definition) is 0. The Bertz CT molecular complexity index is 287. The molecule has 0 rings (SSSR count). The molecular weight excluding hydrogens is 300 g/mol. The van der Waals surface area contributed by atoms with Gasteiger partial charge in [0.05, 0.1) is 0 Å². The zero-order valence-corrected chi connectivity index (χ0v) is 17.6. The van der Waals surface area contributed by atoms with Crippen LogP contribution in [-0.4, -0.2) is 14.3 Å². The van der Waals surface area contributed by atoms with Gasteiger partial charge in [-0.3, -0.25) is 4.79 Å². The molecule has 0 amide bonds. The lowest BCUT2D eigenvalue weighted by atomic mass is 10.0. The molecule has 0 spiro atoms. The van der Waals surface area contributed by atoms with Crippen LogP contribution in [0, 0.1) is 0 Å². The standard InChI is InChI=1S/C20H42O2Si/c1-6-7-8-9-10-11-12-13-14-15-16-17-18-20(21)22-23(4,5)19(2)3/h19H,6-18H2,1-5H3. The van der Waals surface area contributed by atoms with Crippen LogP contribution in [0.1, 0.15) is 104 Å². The third-order valence-corrected chi connectivity index (χ3v) is 8.54. The second kappa shape index (κ2) is 14.1. The van der Waals surface area contributed by atoms with Gasteiger partial charge in [-0.05, 0) is 25.1 Å². The molecular formula is C20H42O2Si. The van der Waals surface area contributed by atoms with Crippen molar-refractivity contribution in [3.63, 3.8) is 0 Å². The fourth-order valence-corrected chi connectivity index (χ4v) is 3.50. The van der Waals surface area contributed by atoms with Crippen molar-refractivity contribution in [3.05, 3.63) is 0 Å². The number of rotatable bonds is 15. The van der Waals surface area contributed by atoms with Gasteiger partial charge in [-0.2, -0.15) is 0 Å². The molecule has 0 saturated heterocycles. The summed E-state index contributed by atoms with van der Waals surface area (Å²) in [6, 6.07) is 0. The van der Waals surface area contributed by atoms with Crippen LogP contribution < -0.4 is 0 Å². The minimum atomic E-state index is -1.80. The lowest BCUT2D eigenvalue weighted by molar-refractivity contribution is -0.135. The van der Waals surface area contributed by atoms with Crippen LogP contribution in [0.5, 0.6) is 0 Å². The Hall–Kier alpha value is -0.313. The van der Waals surface area contributed by atoms with Crippen molar-refractivity contribution < 1.29 is 9.22 Å². The quantitative estimate of drug-likeness (QED) is 0.232. The lowest BCUT2D eigenvalue weighted by Crippen LogP contribution is -2.36. The molecule has 0 radical (unpaired) electrons. The first-order valence-corrected chi connectivity index (χ1v) is 13.1. The highest BCUT2D eigenvalue weighted by Gasteiger charge is 2.30. The van der Waals surface area contributed by atoms with Crippen LogP contribution in [0.2, 0.25) is 18.6 Å². The van der Waals surface area contributed by atoms with E-state index in [9.17, 15) is 4.79 Å². The van der Waals surface area contributed by atoms with Gasteiger partial charge in [0.25, 0.3) is 14.3 Å². The van der Waals surface area contributed by atoms with Crippen LogP contribution in [0.4, 0.5) is 0 Å². The Labute approximate surface area is 146 Å². The Morgan fingerprint density at radius 3 is 1.57 bits per heavy atom. The second-order valence-corrected chi connectivity index (χ2v) is 12.4. The number of carbonyl (C=O) groups excluding carboxylic acids is 1. The number of unbranched alkanes of at least 4 members (excludes halogenated alkanes) is 11. The summed E-state index contributed by atoms with van der Waals surface area (Å²) in [5.74, 6) is 0.0300. The molecule has 0 saturated carbocycles. The van der Waals surface area contributed by atoms with Gasteiger partial charge in [0, 0.05) is 6.42 Å². The monoisotopic (exact) mass is 342 g/mol. The molecule has 2 nitrogen and oxygen atoms in total. The first kappa shape index (κ1) is 22.7. The molecule has 0 fully saturated rings. The third-order valence-electron chi connectivity index (χ3n) is 5.00. The molecule has 0 aliphatic carbocycles. The van der Waals surface area contributed by atoms with E-state index in [4.69, 9.17) is 4.43 Å². The minimum Gasteiger partial charge on any atom is -0.519 e. The average molecular weight is 343 g/mol. The van der Waals surface area contributed by atoms with Crippen LogP contribution in [0.25, 0.3) is 0 Å². The first-order valence-electron chi connectivity index (χ1n) is 10.1. The van der Waals surface area contributed by atoms with Crippen molar-refractivity contribution in [1.29, 1.82) is 0 Å². The van der Waals surface area contributed by atoms with E-state index in [0.29, 0.717) is 12.0 Å². The zero-order chi connectivity index (χ0) is 17.6. The molecule has 0 aromatic rings. The highest BCUT2D eigenvalue weighted by Crippen LogP contribution is 2.22.